The summed E-state index contributed by atoms with van der Waals surface area (Å²) in [5.74, 6) is 0.191. The van der Waals surface area contributed by atoms with Crippen molar-refractivity contribution in [2.45, 2.75) is 38.8 Å². The first-order valence-electron chi connectivity index (χ1n) is 8.03. The number of hydrogen-bond donors (Lipinski definition) is 1. The Hall–Kier alpha value is -0.330. The van der Waals surface area contributed by atoms with Gasteiger partial charge in [0, 0.05) is 18.0 Å². The van der Waals surface area contributed by atoms with Crippen molar-refractivity contribution in [3.63, 3.8) is 0 Å². The van der Waals surface area contributed by atoms with Gasteiger partial charge in [-0.05, 0) is 51.0 Å². The molecule has 2 heterocycles. The molecule has 0 bridgehead atoms. The van der Waals surface area contributed by atoms with E-state index in [1.165, 1.54) is 0 Å². The van der Waals surface area contributed by atoms with Crippen LogP contribution >= 0.6 is 35.3 Å². The van der Waals surface area contributed by atoms with Gasteiger partial charge in [0.2, 0.25) is 5.91 Å². The largest absolute Gasteiger partial charge is 0.340 e. The number of amides is 1. The molecule has 0 aromatic carbocycles. The molecule has 132 valence electrons. The summed E-state index contributed by atoms with van der Waals surface area (Å²) in [5.41, 5.74) is 0. The van der Waals surface area contributed by atoms with Crippen LogP contribution in [0.2, 0.25) is 4.34 Å². The zero-order chi connectivity index (χ0) is 15.9. The lowest BCUT2D eigenvalue weighted by Gasteiger charge is -2.34. The predicted molar refractivity (Wildman–Crippen MR) is 101 cm³/mol. The van der Waals surface area contributed by atoms with Crippen LogP contribution in [0.1, 0.15) is 31.1 Å². The smallest absolute Gasteiger partial charge is 0.236 e. The lowest BCUT2D eigenvalue weighted by Crippen LogP contribution is -2.47. The first-order chi connectivity index (χ1) is 10.6. The number of carbonyl (C=O) groups is 1. The first-order valence-corrected chi connectivity index (χ1v) is 9.22. The minimum atomic E-state index is 0. The summed E-state index contributed by atoms with van der Waals surface area (Å²) >= 11 is 7.49. The molecule has 1 aromatic rings. The molecule has 1 amide bonds. The second-order valence-corrected chi connectivity index (χ2v) is 7.71. The van der Waals surface area contributed by atoms with Crippen molar-refractivity contribution in [2.75, 3.05) is 33.2 Å². The van der Waals surface area contributed by atoms with Crippen LogP contribution in [0, 0.1) is 0 Å². The van der Waals surface area contributed by atoms with E-state index >= 15 is 0 Å². The minimum Gasteiger partial charge on any atom is -0.340 e. The van der Waals surface area contributed by atoms with Gasteiger partial charge < -0.3 is 10.2 Å². The number of nitrogens with zero attached hydrogens (tertiary/aromatic N) is 2. The zero-order valence-corrected chi connectivity index (χ0v) is 16.3. The van der Waals surface area contributed by atoms with Crippen molar-refractivity contribution in [3.05, 3.63) is 21.3 Å². The molecule has 1 fully saturated rings. The molecular formula is C16H27Cl2N3OS. The number of carbonyl (C=O) groups excluding carboxylic acids is 1. The Kier molecular flexibility index (Phi) is 9.47. The standard InChI is InChI=1S/C16H26ClN3OS.ClH/c1-3-10-20(13-6-8-18-9-7-13)12-16(21)19(2)11-14-4-5-15(17)22-14;/h4-5,13,18H,3,6-12H2,1-2H3;1H. The third kappa shape index (κ3) is 6.59. The van der Waals surface area contributed by atoms with E-state index < -0.39 is 0 Å². The van der Waals surface area contributed by atoms with Gasteiger partial charge in [-0.1, -0.05) is 18.5 Å². The lowest BCUT2D eigenvalue weighted by atomic mass is 10.0. The van der Waals surface area contributed by atoms with E-state index in [-0.39, 0.29) is 18.3 Å². The van der Waals surface area contributed by atoms with E-state index in [0.29, 0.717) is 19.1 Å². The second kappa shape index (κ2) is 10.5. The molecule has 0 saturated carbocycles. The highest BCUT2D eigenvalue weighted by Crippen LogP contribution is 2.22. The zero-order valence-electron chi connectivity index (χ0n) is 13.9. The quantitative estimate of drug-likeness (QED) is 0.789. The lowest BCUT2D eigenvalue weighted by molar-refractivity contribution is -0.132. The molecule has 0 spiro atoms. The average molecular weight is 380 g/mol. The van der Waals surface area contributed by atoms with Crippen LogP contribution < -0.4 is 5.32 Å². The molecule has 1 N–H and O–H groups in total. The predicted octanol–water partition coefficient (Wildman–Crippen LogP) is 3.25. The molecular weight excluding hydrogens is 353 g/mol. The van der Waals surface area contributed by atoms with E-state index in [9.17, 15) is 4.79 Å². The molecule has 1 saturated heterocycles. The van der Waals surface area contributed by atoms with Crippen molar-refractivity contribution >= 4 is 41.3 Å². The van der Waals surface area contributed by atoms with Crippen molar-refractivity contribution in [2.24, 2.45) is 0 Å². The van der Waals surface area contributed by atoms with Gasteiger partial charge in [-0.15, -0.1) is 23.7 Å². The fourth-order valence-corrected chi connectivity index (χ4v) is 4.04. The van der Waals surface area contributed by atoms with E-state index in [4.69, 9.17) is 11.6 Å². The number of piperidine rings is 1. The Morgan fingerprint density at radius 2 is 2.09 bits per heavy atom. The van der Waals surface area contributed by atoms with Crippen LogP contribution in [-0.4, -0.2) is 55.0 Å². The number of likely N-dealkylation sites (N-methyl/N-ethyl adjacent to an activating group) is 1. The Bertz CT molecular complexity index is 478. The molecule has 2 rings (SSSR count). The Labute approximate surface area is 154 Å². The van der Waals surface area contributed by atoms with Gasteiger partial charge in [-0.3, -0.25) is 9.69 Å². The molecule has 0 radical (unpaired) electrons. The highest BCUT2D eigenvalue weighted by atomic mass is 35.5. The molecule has 0 aliphatic carbocycles. The molecule has 7 heteroatoms. The maximum Gasteiger partial charge on any atom is 0.236 e. The van der Waals surface area contributed by atoms with Crippen LogP contribution in [0.15, 0.2) is 12.1 Å². The van der Waals surface area contributed by atoms with Crippen LogP contribution in [0.5, 0.6) is 0 Å². The average Bonchev–Trinajstić information content (AvgIpc) is 2.92. The van der Waals surface area contributed by atoms with Gasteiger partial charge >= 0.3 is 0 Å². The summed E-state index contributed by atoms with van der Waals surface area (Å²) in [6.07, 6.45) is 3.36. The summed E-state index contributed by atoms with van der Waals surface area (Å²) in [6, 6.07) is 4.42. The molecule has 1 aromatic heterocycles. The van der Waals surface area contributed by atoms with Crippen LogP contribution in [-0.2, 0) is 11.3 Å². The fraction of sp³-hybridized carbons (Fsp3) is 0.688. The molecule has 1 aliphatic rings. The van der Waals surface area contributed by atoms with Crippen molar-refractivity contribution in [3.8, 4) is 0 Å². The van der Waals surface area contributed by atoms with E-state index in [1.807, 2.05) is 24.1 Å². The summed E-state index contributed by atoms with van der Waals surface area (Å²) < 4.78 is 0.776. The van der Waals surface area contributed by atoms with Crippen LogP contribution in [0.4, 0.5) is 0 Å². The van der Waals surface area contributed by atoms with Crippen molar-refractivity contribution in [1.29, 1.82) is 0 Å². The van der Waals surface area contributed by atoms with Crippen LogP contribution in [0.3, 0.4) is 0 Å². The van der Waals surface area contributed by atoms with E-state index in [1.54, 1.807) is 11.3 Å². The summed E-state index contributed by atoms with van der Waals surface area (Å²) in [6.45, 7) is 6.45. The van der Waals surface area contributed by atoms with Gasteiger partial charge in [-0.2, -0.15) is 0 Å². The Morgan fingerprint density at radius 3 is 2.65 bits per heavy atom. The van der Waals surface area contributed by atoms with Crippen molar-refractivity contribution in [1.82, 2.24) is 15.1 Å². The molecule has 23 heavy (non-hydrogen) atoms. The fourth-order valence-electron chi connectivity index (χ4n) is 2.90. The van der Waals surface area contributed by atoms with Crippen LogP contribution in [0.25, 0.3) is 0 Å². The second-order valence-electron chi connectivity index (χ2n) is 5.91. The monoisotopic (exact) mass is 379 g/mol. The summed E-state index contributed by atoms with van der Waals surface area (Å²) in [5, 5.41) is 3.39. The molecule has 1 aliphatic heterocycles. The third-order valence-electron chi connectivity index (χ3n) is 4.12. The highest BCUT2D eigenvalue weighted by molar-refractivity contribution is 7.16. The number of thiophene rings is 1. The molecule has 0 atom stereocenters. The SMILES string of the molecule is CCCN(CC(=O)N(C)Cc1ccc(Cl)s1)C1CCNCC1.Cl. The van der Waals surface area contributed by atoms with Gasteiger partial charge in [0.05, 0.1) is 17.4 Å². The normalized spacial score (nSPS) is 15.5. The van der Waals surface area contributed by atoms with Gasteiger partial charge in [0.1, 0.15) is 0 Å². The molecule has 4 nitrogen and oxygen atoms in total. The number of nitrogens with one attached hydrogen (secondary N) is 1. The van der Waals surface area contributed by atoms with Crippen molar-refractivity contribution < 1.29 is 4.79 Å². The topological polar surface area (TPSA) is 35.6 Å². The number of hydrogen-bond acceptors (Lipinski definition) is 4. The van der Waals surface area contributed by atoms with Gasteiger partial charge in [-0.25, -0.2) is 0 Å². The van der Waals surface area contributed by atoms with Gasteiger partial charge in [0.15, 0.2) is 0 Å². The number of rotatable bonds is 7. The maximum atomic E-state index is 12.5. The molecule has 0 unspecified atom stereocenters. The summed E-state index contributed by atoms with van der Waals surface area (Å²) in [7, 11) is 1.88. The Balaban J connectivity index is 0.00000264. The minimum absolute atomic E-state index is 0. The van der Waals surface area contributed by atoms with E-state index in [0.717, 1.165) is 48.1 Å². The highest BCUT2D eigenvalue weighted by Gasteiger charge is 2.23. The first kappa shape index (κ1) is 20.7. The third-order valence-corrected chi connectivity index (χ3v) is 5.34. The number of halogens is 2. The van der Waals surface area contributed by atoms with Gasteiger partial charge in [0.25, 0.3) is 0 Å². The Morgan fingerprint density at radius 1 is 1.39 bits per heavy atom. The maximum absolute atomic E-state index is 12.5. The van der Waals surface area contributed by atoms with E-state index in [2.05, 4.69) is 17.1 Å². The summed E-state index contributed by atoms with van der Waals surface area (Å²) in [4.78, 5) is 17.8.